The summed E-state index contributed by atoms with van der Waals surface area (Å²) in [5.74, 6) is 1.16. The monoisotopic (exact) mass is 284 g/mol. The van der Waals surface area contributed by atoms with Crippen LogP contribution in [0.15, 0.2) is 16.6 Å². The van der Waals surface area contributed by atoms with Crippen LogP contribution in [0.3, 0.4) is 0 Å². The van der Waals surface area contributed by atoms with Crippen LogP contribution in [0.25, 0.3) is 0 Å². The number of ether oxygens (including phenoxy) is 2. The van der Waals surface area contributed by atoms with Gasteiger partial charge in [0.05, 0.1) is 18.8 Å². The molecule has 0 atom stereocenters. The highest BCUT2D eigenvalue weighted by molar-refractivity contribution is 9.10. The molecule has 1 aromatic carbocycles. The smallest absolute Gasteiger partial charge is 0.172 e. The first-order chi connectivity index (χ1) is 7.74. The lowest BCUT2D eigenvalue weighted by Gasteiger charge is -2.27. The van der Waals surface area contributed by atoms with Gasteiger partial charge in [-0.1, -0.05) is 15.9 Å². The van der Waals surface area contributed by atoms with Crippen LogP contribution in [0, 0.1) is 0 Å². The third-order valence-corrected chi connectivity index (χ3v) is 3.19. The van der Waals surface area contributed by atoms with Crippen LogP contribution in [0.4, 0.5) is 0 Å². The van der Waals surface area contributed by atoms with Crippen LogP contribution in [-0.2, 0) is 0 Å². The Morgan fingerprint density at radius 3 is 2.69 bits per heavy atom. The summed E-state index contributed by atoms with van der Waals surface area (Å²) in [6.07, 6.45) is 4.32. The summed E-state index contributed by atoms with van der Waals surface area (Å²) in [6.45, 7) is 0. The van der Waals surface area contributed by atoms with Gasteiger partial charge in [-0.05, 0) is 31.4 Å². The van der Waals surface area contributed by atoms with Crippen molar-refractivity contribution in [3.05, 3.63) is 22.2 Å². The Labute approximate surface area is 103 Å². The van der Waals surface area contributed by atoms with Crippen molar-refractivity contribution in [1.82, 2.24) is 0 Å². The molecule has 3 nitrogen and oxygen atoms in total. The van der Waals surface area contributed by atoms with E-state index in [-0.39, 0.29) is 6.10 Å². The first kappa shape index (κ1) is 11.5. The molecule has 16 heavy (non-hydrogen) atoms. The van der Waals surface area contributed by atoms with E-state index in [0.717, 1.165) is 23.6 Å². The normalized spacial score (nSPS) is 15.4. The molecule has 0 bridgehead atoms. The predicted molar refractivity (Wildman–Crippen MR) is 64.3 cm³/mol. The van der Waals surface area contributed by atoms with E-state index in [4.69, 9.17) is 9.47 Å². The predicted octanol–water partition coefficient (Wildman–Crippen LogP) is 3.20. The van der Waals surface area contributed by atoms with Gasteiger partial charge in [0, 0.05) is 4.47 Å². The van der Waals surface area contributed by atoms with E-state index in [1.165, 1.54) is 6.42 Å². The Bertz CT molecular complexity index is 399. The maximum absolute atomic E-state index is 11.0. The van der Waals surface area contributed by atoms with Gasteiger partial charge in [-0.15, -0.1) is 0 Å². The second kappa shape index (κ2) is 4.87. The molecule has 0 aromatic heterocycles. The zero-order chi connectivity index (χ0) is 11.5. The number of carbonyl (C=O) groups excluding carboxylic acids is 1. The minimum Gasteiger partial charge on any atom is -0.493 e. The fourth-order valence-corrected chi connectivity index (χ4v) is 2.06. The molecule has 1 saturated carbocycles. The number of halogens is 1. The van der Waals surface area contributed by atoms with Crippen molar-refractivity contribution in [1.29, 1.82) is 0 Å². The molecule has 1 aliphatic rings. The molecule has 0 spiro atoms. The molecule has 1 aromatic rings. The molecule has 86 valence electrons. The van der Waals surface area contributed by atoms with Crippen LogP contribution in [0.1, 0.15) is 29.6 Å². The van der Waals surface area contributed by atoms with Gasteiger partial charge < -0.3 is 9.47 Å². The van der Waals surface area contributed by atoms with Crippen LogP contribution < -0.4 is 9.47 Å². The highest BCUT2D eigenvalue weighted by Gasteiger charge is 2.22. The number of rotatable bonds is 4. The maximum atomic E-state index is 11.0. The summed E-state index contributed by atoms with van der Waals surface area (Å²) in [7, 11) is 1.57. The van der Waals surface area contributed by atoms with Gasteiger partial charge in [0.25, 0.3) is 0 Å². The van der Waals surface area contributed by atoms with Crippen LogP contribution in [0.2, 0.25) is 0 Å². The SMILES string of the molecule is COc1cc(Br)cc(C=O)c1OC1CCC1. The first-order valence-electron chi connectivity index (χ1n) is 5.24. The van der Waals surface area contributed by atoms with Crippen LogP contribution in [0.5, 0.6) is 11.5 Å². The van der Waals surface area contributed by atoms with E-state index in [2.05, 4.69) is 15.9 Å². The molecule has 2 rings (SSSR count). The Morgan fingerprint density at radius 2 is 2.19 bits per heavy atom. The molecule has 0 N–H and O–H groups in total. The minimum atomic E-state index is 0.230. The Hall–Kier alpha value is -1.03. The van der Waals surface area contributed by atoms with E-state index in [1.54, 1.807) is 19.2 Å². The fourth-order valence-electron chi connectivity index (χ4n) is 1.61. The van der Waals surface area contributed by atoms with Gasteiger partial charge in [-0.2, -0.15) is 0 Å². The minimum absolute atomic E-state index is 0.230. The molecule has 0 heterocycles. The van der Waals surface area contributed by atoms with Gasteiger partial charge >= 0.3 is 0 Å². The lowest BCUT2D eigenvalue weighted by molar-refractivity contribution is 0.106. The molecule has 0 radical (unpaired) electrons. The summed E-state index contributed by atoms with van der Waals surface area (Å²) in [4.78, 5) is 11.0. The lowest BCUT2D eigenvalue weighted by atomic mass is 9.96. The summed E-state index contributed by atoms with van der Waals surface area (Å²) in [5, 5.41) is 0. The van der Waals surface area contributed by atoms with Gasteiger partial charge in [0.1, 0.15) is 0 Å². The molecule has 0 saturated heterocycles. The van der Waals surface area contributed by atoms with Gasteiger partial charge in [0.2, 0.25) is 0 Å². The molecule has 1 aliphatic carbocycles. The topological polar surface area (TPSA) is 35.5 Å². The Morgan fingerprint density at radius 1 is 1.44 bits per heavy atom. The van der Waals surface area contributed by atoms with Gasteiger partial charge in [0.15, 0.2) is 17.8 Å². The Kier molecular flexibility index (Phi) is 3.49. The summed E-state index contributed by atoms with van der Waals surface area (Å²) in [5.41, 5.74) is 0.526. The standard InChI is InChI=1S/C12H13BrO3/c1-15-11-6-9(13)5-8(7-14)12(11)16-10-3-2-4-10/h5-7,10H,2-4H2,1H3. The molecule has 1 fully saturated rings. The van der Waals surface area contributed by atoms with E-state index < -0.39 is 0 Å². The molecule has 4 heteroatoms. The van der Waals surface area contributed by atoms with Crippen LogP contribution in [-0.4, -0.2) is 19.5 Å². The van der Waals surface area contributed by atoms with Crippen molar-refractivity contribution >= 4 is 22.2 Å². The number of aldehydes is 1. The molecule has 0 unspecified atom stereocenters. The highest BCUT2D eigenvalue weighted by Crippen LogP contribution is 2.37. The summed E-state index contributed by atoms with van der Waals surface area (Å²) >= 11 is 3.33. The second-order valence-corrected chi connectivity index (χ2v) is 4.73. The highest BCUT2D eigenvalue weighted by atomic mass is 79.9. The van der Waals surface area contributed by atoms with Crippen molar-refractivity contribution in [3.63, 3.8) is 0 Å². The van der Waals surface area contributed by atoms with E-state index >= 15 is 0 Å². The van der Waals surface area contributed by atoms with Crippen molar-refractivity contribution < 1.29 is 14.3 Å². The largest absolute Gasteiger partial charge is 0.493 e. The third-order valence-electron chi connectivity index (χ3n) is 2.73. The second-order valence-electron chi connectivity index (χ2n) is 3.82. The average molecular weight is 285 g/mol. The van der Waals surface area contributed by atoms with Crippen molar-refractivity contribution in [2.24, 2.45) is 0 Å². The number of hydrogen-bond donors (Lipinski definition) is 0. The molecular formula is C12H13BrO3. The van der Waals surface area contributed by atoms with Crippen molar-refractivity contribution in [3.8, 4) is 11.5 Å². The van der Waals surface area contributed by atoms with Crippen molar-refractivity contribution in [2.75, 3.05) is 7.11 Å². The molecular weight excluding hydrogens is 272 g/mol. The van der Waals surface area contributed by atoms with Gasteiger partial charge in [-0.3, -0.25) is 4.79 Å². The Balaban J connectivity index is 2.33. The first-order valence-corrected chi connectivity index (χ1v) is 6.03. The lowest BCUT2D eigenvalue weighted by Crippen LogP contribution is -2.25. The van der Waals surface area contributed by atoms with Gasteiger partial charge in [-0.25, -0.2) is 0 Å². The number of hydrogen-bond acceptors (Lipinski definition) is 3. The van der Waals surface area contributed by atoms with E-state index in [0.29, 0.717) is 17.1 Å². The molecule has 0 aliphatic heterocycles. The number of carbonyl (C=O) groups is 1. The van der Waals surface area contributed by atoms with Crippen LogP contribution >= 0.6 is 15.9 Å². The third kappa shape index (κ3) is 2.21. The zero-order valence-electron chi connectivity index (χ0n) is 9.03. The summed E-state index contributed by atoms with van der Waals surface area (Å²) < 4.78 is 11.8. The summed E-state index contributed by atoms with van der Waals surface area (Å²) in [6, 6.07) is 3.55. The fraction of sp³-hybridized carbons (Fsp3) is 0.417. The van der Waals surface area contributed by atoms with E-state index in [1.807, 2.05) is 0 Å². The average Bonchev–Trinajstić information content (AvgIpc) is 2.23. The number of benzene rings is 1. The zero-order valence-corrected chi connectivity index (χ0v) is 10.6. The van der Waals surface area contributed by atoms with Crippen molar-refractivity contribution in [2.45, 2.75) is 25.4 Å². The van der Waals surface area contributed by atoms with E-state index in [9.17, 15) is 4.79 Å². The number of methoxy groups -OCH3 is 1. The molecule has 0 amide bonds. The maximum Gasteiger partial charge on any atom is 0.172 e. The quantitative estimate of drug-likeness (QED) is 0.797.